The number of aromatic amines is 1. The summed E-state index contributed by atoms with van der Waals surface area (Å²) in [4.78, 5) is 37.1. The van der Waals surface area contributed by atoms with Gasteiger partial charge in [0.25, 0.3) is 5.56 Å². The highest BCUT2D eigenvalue weighted by Crippen LogP contribution is 2.41. The number of aromatic nitrogens is 2. The van der Waals surface area contributed by atoms with Gasteiger partial charge in [-0.05, 0) is 25.1 Å². The largest absolute Gasteiger partial charge is 0.481 e. The van der Waals surface area contributed by atoms with Gasteiger partial charge in [0.1, 0.15) is 6.23 Å². The highest BCUT2D eigenvalue weighted by Gasteiger charge is 2.45. The summed E-state index contributed by atoms with van der Waals surface area (Å²) in [6.07, 6.45) is 0.834. The van der Waals surface area contributed by atoms with Crippen LogP contribution in [0.25, 0.3) is 0 Å². The lowest BCUT2D eigenvalue weighted by molar-refractivity contribution is -0.133. The maximum absolute atomic E-state index is 12.3. The van der Waals surface area contributed by atoms with Gasteiger partial charge in [0.15, 0.2) is 8.32 Å². The van der Waals surface area contributed by atoms with Crippen LogP contribution >= 0.6 is 11.8 Å². The number of carboxylic acid groups (broad SMARTS) is 1. The number of hydrogen-bond acceptors (Lipinski definition) is 6. The first-order valence-electron chi connectivity index (χ1n) is 9.26. The molecule has 10 heteroatoms. The third-order valence-electron chi connectivity index (χ3n) is 5.40. The molecule has 1 saturated heterocycles. The molecular weight excluding hydrogens is 400 g/mol. The van der Waals surface area contributed by atoms with Gasteiger partial charge in [-0.15, -0.1) is 11.8 Å². The summed E-state index contributed by atoms with van der Waals surface area (Å²) in [6, 6.07) is 0. The van der Waals surface area contributed by atoms with Gasteiger partial charge in [0, 0.05) is 23.9 Å². The number of nitrogens with one attached hydrogen (secondary N) is 1. The van der Waals surface area contributed by atoms with E-state index in [1.807, 2.05) is 0 Å². The van der Waals surface area contributed by atoms with Crippen LogP contribution in [0.5, 0.6) is 0 Å². The van der Waals surface area contributed by atoms with Crippen molar-refractivity contribution < 1.29 is 19.1 Å². The predicted octanol–water partition coefficient (Wildman–Crippen LogP) is 2.34. The van der Waals surface area contributed by atoms with Gasteiger partial charge in [0.2, 0.25) is 0 Å². The van der Waals surface area contributed by atoms with Crippen molar-refractivity contribution in [2.24, 2.45) is 0 Å². The molecule has 1 aromatic heterocycles. The van der Waals surface area contributed by atoms with Crippen LogP contribution in [0.1, 0.15) is 39.0 Å². The number of carbonyl (C=O) groups is 1. The summed E-state index contributed by atoms with van der Waals surface area (Å²) in [5.41, 5.74) is -0.513. The van der Waals surface area contributed by atoms with Crippen LogP contribution in [-0.4, -0.2) is 52.7 Å². The summed E-state index contributed by atoms with van der Waals surface area (Å²) >= 11 is 1.27. The standard InChI is InChI=1S/C18H30N2O6SSi/c1-11-8-20(17(24)19-16(11)23)14-7-12(26-28(5,6)18(2,3)4)13(25-14)9-27-10-15(21)22/h8,12-14H,7,9-10H2,1-6H3,(H,21,22)(H,19,23,24)/t12-,13+,14+/m0/s1. The van der Waals surface area contributed by atoms with E-state index >= 15 is 0 Å². The van der Waals surface area contributed by atoms with Crippen LogP contribution < -0.4 is 11.2 Å². The second kappa shape index (κ2) is 8.56. The van der Waals surface area contributed by atoms with Gasteiger partial charge >= 0.3 is 11.7 Å². The van der Waals surface area contributed by atoms with Crippen molar-refractivity contribution in [3.63, 3.8) is 0 Å². The minimum absolute atomic E-state index is 0.00918. The maximum atomic E-state index is 12.3. The maximum Gasteiger partial charge on any atom is 0.330 e. The number of carboxylic acids is 1. The van der Waals surface area contributed by atoms with Gasteiger partial charge in [-0.1, -0.05) is 20.8 Å². The van der Waals surface area contributed by atoms with E-state index in [9.17, 15) is 14.4 Å². The van der Waals surface area contributed by atoms with E-state index in [2.05, 4.69) is 38.8 Å². The van der Waals surface area contributed by atoms with Crippen molar-refractivity contribution in [2.45, 2.75) is 70.7 Å². The molecule has 0 saturated carbocycles. The number of aliphatic carboxylic acids is 1. The van der Waals surface area contributed by atoms with Crippen LogP contribution in [-0.2, 0) is 14.0 Å². The average molecular weight is 431 g/mol. The Balaban J connectivity index is 2.25. The minimum atomic E-state index is -2.09. The molecule has 28 heavy (non-hydrogen) atoms. The summed E-state index contributed by atoms with van der Waals surface area (Å²) in [7, 11) is -2.09. The van der Waals surface area contributed by atoms with Crippen molar-refractivity contribution >= 4 is 26.0 Å². The number of H-pyrrole nitrogens is 1. The Kier molecular flexibility index (Phi) is 7.01. The van der Waals surface area contributed by atoms with Gasteiger partial charge in [-0.3, -0.25) is 19.1 Å². The average Bonchev–Trinajstić information content (AvgIpc) is 2.91. The Morgan fingerprint density at radius 2 is 2.07 bits per heavy atom. The van der Waals surface area contributed by atoms with Crippen molar-refractivity contribution in [3.05, 3.63) is 32.6 Å². The monoisotopic (exact) mass is 430 g/mol. The van der Waals surface area contributed by atoms with E-state index in [1.54, 1.807) is 6.92 Å². The number of thioether (sulfide) groups is 1. The summed E-state index contributed by atoms with van der Waals surface area (Å²) < 4.78 is 14.0. The predicted molar refractivity (Wildman–Crippen MR) is 112 cm³/mol. The number of hydrogen-bond donors (Lipinski definition) is 2. The Morgan fingerprint density at radius 1 is 1.43 bits per heavy atom. The van der Waals surface area contributed by atoms with E-state index in [4.69, 9.17) is 14.3 Å². The van der Waals surface area contributed by atoms with Crippen LogP contribution in [0.3, 0.4) is 0 Å². The first kappa shape index (κ1) is 22.9. The Hall–Kier alpha value is -1.36. The van der Waals surface area contributed by atoms with Gasteiger partial charge in [0.05, 0.1) is 18.0 Å². The highest BCUT2D eigenvalue weighted by molar-refractivity contribution is 7.99. The van der Waals surface area contributed by atoms with E-state index in [0.717, 1.165) is 0 Å². The lowest BCUT2D eigenvalue weighted by atomic mass is 10.2. The van der Waals surface area contributed by atoms with Crippen molar-refractivity contribution in [2.75, 3.05) is 11.5 Å². The summed E-state index contributed by atoms with van der Waals surface area (Å²) in [5, 5.41) is 8.91. The molecular formula is C18H30N2O6SSi. The summed E-state index contributed by atoms with van der Waals surface area (Å²) in [5.74, 6) is -0.442. The normalized spacial score (nSPS) is 23.1. The zero-order chi connectivity index (χ0) is 21.3. The SMILES string of the molecule is Cc1cn([C@H]2C[C@H](O[Si](C)(C)C(C)(C)C)[C@@H](CSCC(=O)O)O2)c(=O)[nH]c1=O. The molecule has 2 rings (SSSR count). The zero-order valence-electron chi connectivity index (χ0n) is 17.3. The number of nitrogens with zero attached hydrogens (tertiary/aromatic N) is 1. The van der Waals surface area contributed by atoms with E-state index < -0.39 is 31.8 Å². The minimum Gasteiger partial charge on any atom is -0.481 e. The number of aryl methyl sites for hydroxylation is 1. The first-order chi connectivity index (χ1) is 12.8. The van der Waals surface area contributed by atoms with Crippen LogP contribution in [0.15, 0.2) is 15.8 Å². The second-order valence-corrected chi connectivity index (χ2v) is 14.5. The van der Waals surface area contributed by atoms with Gasteiger partial charge in [-0.25, -0.2) is 4.79 Å². The lowest BCUT2D eigenvalue weighted by Crippen LogP contribution is -2.46. The van der Waals surface area contributed by atoms with Crippen LogP contribution in [0.2, 0.25) is 18.1 Å². The molecule has 2 N–H and O–H groups in total. The molecule has 1 aliphatic heterocycles. The fourth-order valence-corrected chi connectivity index (χ4v) is 4.94. The molecule has 0 amide bonds. The third kappa shape index (κ3) is 5.37. The molecule has 2 heterocycles. The smallest absolute Gasteiger partial charge is 0.330 e. The molecule has 8 nitrogen and oxygen atoms in total. The third-order valence-corrected chi connectivity index (χ3v) is 10.9. The quantitative estimate of drug-likeness (QED) is 0.639. The molecule has 0 bridgehead atoms. The molecule has 0 radical (unpaired) electrons. The molecule has 1 aromatic rings. The molecule has 0 unspecified atom stereocenters. The molecule has 1 aliphatic rings. The fourth-order valence-electron chi connectivity index (χ4n) is 2.76. The Bertz CT molecular complexity index is 829. The van der Waals surface area contributed by atoms with Crippen molar-refractivity contribution in [1.82, 2.24) is 9.55 Å². The zero-order valence-corrected chi connectivity index (χ0v) is 19.1. The molecule has 3 atom stereocenters. The summed E-state index contributed by atoms with van der Waals surface area (Å²) in [6.45, 7) is 12.4. The van der Waals surface area contributed by atoms with E-state index in [-0.39, 0.29) is 23.0 Å². The topological polar surface area (TPSA) is 111 Å². The van der Waals surface area contributed by atoms with E-state index in [0.29, 0.717) is 17.7 Å². The molecule has 1 fully saturated rings. The lowest BCUT2D eigenvalue weighted by Gasteiger charge is -2.39. The van der Waals surface area contributed by atoms with E-state index in [1.165, 1.54) is 22.5 Å². The van der Waals surface area contributed by atoms with Gasteiger partial charge in [-0.2, -0.15) is 0 Å². The van der Waals surface area contributed by atoms with Crippen LogP contribution in [0.4, 0.5) is 0 Å². The Labute approximate surface area is 169 Å². The molecule has 0 aromatic carbocycles. The highest BCUT2D eigenvalue weighted by atomic mass is 32.2. The molecule has 158 valence electrons. The van der Waals surface area contributed by atoms with Crippen LogP contribution in [0, 0.1) is 6.92 Å². The van der Waals surface area contributed by atoms with Gasteiger partial charge < -0.3 is 14.3 Å². The fraction of sp³-hybridized carbons (Fsp3) is 0.722. The molecule has 0 aliphatic carbocycles. The second-order valence-electron chi connectivity index (χ2n) is 8.67. The number of rotatable bonds is 7. The Morgan fingerprint density at radius 3 is 2.64 bits per heavy atom. The number of ether oxygens (including phenoxy) is 1. The first-order valence-corrected chi connectivity index (χ1v) is 13.3. The van der Waals surface area contributed by atoms with Crippen molar-refractivity contribution in [3.8, 4) is 0 Å². The molecule has 0 spiro atoms. The van der Waals surface area contributed by atoms with Crippen molar-refractivity contribution in [1.29, 1.82) is 0 Å².